The first-order chi connectivity index (χ1) is 7.25. The first-order valence-corrected chi connectivity index (χ1v) is 5.28. The second-order valence-corrected chi connectivity index (χ2v) is 4.12. The summed E-state index contributed by atoms with van der Waals surface area (Å²) in [7, 11) is 0. The van der Waals surface area contributed by atoms with Gasteiger partial charge >= 0.3 is 0 Å². The number of nitrogens with zero attached hydrogens (tertiary/aromatic N) is 3. The Morgan fingerprint density at radius 3 is 2.67 bits per heavy atom. The zero-order valence-corrected chi connectivity index (χ0v) is 9.48. The predicted octanol–water partition coefficient (Wildman–Crippen LogP) is 1.20. The van der Waals surface area contributed by atoms with Crippen molar-refractivity contribution >= 4 is 15.9 Å². The average molecular weight is 268 g/mol. The molecule has 0 aliphatic rings. The first kappa shape index (κ1) is 10.3. The molecule has 0 radical (unpaired) electrons. The maximum absolute atomic E-state index is 5.91. The van der Waals surface area contributed by atoms with Crippen molar-refractivity contribution < 1.29 is 0 Å². The van der Waals surface area contributed by atoms with Crippen LogP contribution in [-0.4, -0.2) is 20.6 Å². The van der Waals surface area contributed by atoms with Crippen LogP contribution in [0.4, 0.5) is 0 Å². The molecule has 0 saturated carbocycles. The van der Waals surface area contributed by atoms with Gasteiger partial charge in [-0.3, -0.25) is 0 Å². The van der Waals surface area contributed by atoms with Crippen LogP contribution in [0.2, 0.25) is 0 Å². The van der Waals surface area contributed by atoms with E-state index in [0.717, 1.165) is 10.0 Å². The molecular formula is C9H10BrN5. The van der Waals surface area contributed by atoms with Crippen LogP contribution in [-0.2, 0) is 6.42 Å². The number of nitrogens with one attached hydrogen (secondary N) is 1. The second kappa shape index (κ2) is 4.50. The molecule has 6 heteroatoms. The van der Waals surface area contributed by atoms with Gasteiger partial charge in [-0.15, -0.1) is 10.2 Å². The van der Waals surface area contributed by atoms with Crippen molar-refractivity contribution in [2.45, 2.75) is 12.5 Å². The topological polar surface area (TPSA) is 80.5 Å². The summed E-state index contributed by atoms with van der Waals surface area (Å²) in [6.45, 7) is 0. The number of hydrogen-bond acceptors (Lipinski definition) is 4. The highest BCUT2D eigenvalue weighted by molar-refractivity contribution is 9.10. The summed E-state index contributed by atoms with van der Waals surface area (Å²) in [5.74, 6) is 0.540. The lowest BCUT2D eigenvalue weighted by atomic mass is 10.1. The normalized spacial score (nSPS) is 12.7. The van der Waals surface area contributed by atoms with Crippen molar-refractivity contribution in [1.82, 2.24) is 20.6 Å². The molecule has 0 bridgehead atoms. The Balaban J connectivity index is 2.06. The summed E-state index contributed by atoms with van der Waals surface area (Å²) in [4.78, 5) is 0. The number of rotatable bonds is 3. The van der Waals surface area contributed by atoms with E-state index >= 15 is 0 Å². The molecule has 5 nitrogen and oxygen atoms in total. The Morgan fingerprint density at radius 1 is 1.33 bits per heavy atom. The number of aromatic nitrogens is 4. The summed E-state index contributed by atoms with van der Waals surface area (Å²) in [5, 5.41) is 13.6. The van der Waals surface area contributed by atoms with E-state index in [-0.39, 0.29) is 6.04 Å². The Bertz CT molecular complexity index is 411. The highest BCUT2D eigenvalue weighted by Gasteiger charge is 2.11. The summed E-state index contributed by atoms with van der Waals surface area (Å²) in [6, 6.07) is 7.79. The van der Waals surface area contributed by atoms with Gasteiger partial charge in [0.25, 0.3) is 0 Å². The molecule has 0 fully saturated rings. The molecule has 3 N–H and O–H groups in total. The van der Waals surface area contributed by atoms with Gasteiger partial charge in [-0.25, -0.2) is 0 Å². The van der Waals surface area contributed by atoms with E-state index in [1.807, 2.05) is 24.3 Å². The standard InChI is InChI=1S/C9H10BrN5/c10-7-3-1-6(2-4-7)5-8(11)9-12-14-15-13-9/h1-4,8H,5,11H2,(H,12,13,14,15)/t8-/m1/s1. The lowest BCUT2D eigenvalue weighted by molar-refractivity contribution is 0.669. The third-order valence-corrected chi connectivity index (χ3v) is 2.59. The highest BCUT2D eigenvalue weighted by atomic mass is 79.9. The van der Waals surface area contributed by atoms with Crippen LogP contribution >= 0.6 is 15.9 Å². The molecule has 0 amide bonds. The fourth-order valence-electron chi connectivity index (χ4n) is 1.29. The number of benzene rings is 1. The lowest BCUT2D eigenvalue weighted by Gasteiger charge is -2.06. The second-order valence-electron chi connectivity index (χ2n) is 3.21. The molecule has 78 valence electrons. The van der Waals surface area contributed by atoms with E-state index in [2.05, 4.69) is 36.6 Å². The van der Waals surface area contributed by atoms with E-state index in [9.17, 15) is 0 Å². The summed E-state index contributed by atoms with van der Waals surface area (Å²) >= 11 is 3.38. The van der Waals surface area contributed by atoms with Gasteiger partial charge in [-0.2, -0.15) is 5.21 Å². The molecule has 0 saturated heterocycles. The van der Waals surface area contributed by atoms with Gasteiger partial charge in [0.2, 0.25) is 0 Å². The SMILES string of the molecule is N[C@H](Cc1ccc(Br)cc1)c1nn[nH]n1. The van der Waals surface area contributed by atoms with E-state index in [1.54, 1.807) is 0 Å². The van der Waals surface area contributed by atoms with Gasteiger partial charge in [-0.1, -0.05) is 33.3 Å². The van der Waals surface area contributed by atoms with Crippen LogP contribution in [0, 0.1) is 0 Å². The van der Waals surface area contributed by atoms with E-state index in [0.29, 0.717) is 12.2 Å². The quantitative estimate of drug-likeness (QED) is 0.876. The molecule has 0 aliphatic heterocycles. The fraction of sp³-hybridized carbons (Fsp3) is 0.222. The molecule has 0 spiro atoms. The van der Waals surface area contributed by atoms with Crippen molar-refractivity contribution in [2.75, 3.05) is 0 Å². The summed E-state index contributed by atoms with van der Waals surface area (Å²) in [5.41, 5.74) is 7.06. The van der Waals surface area contributed by atoms with Gasteiger partial charge in [0.1, 0.15) is 0 Å². The zero-order valence-electron chi connectivity index (χ0n) is 7.89. The van der Waals surface area contributed by atoms with E-state index < -0.39 is 0 Å². The van der Waals surface area contributed by atoms with Crippen LogP contribution in [0.25, 0.3) is 0 Å². The van der Waals surface area contributed by atoms with Crippen LogP contribution in [0.5, 0.6) is 0 Å². The monoisotopic (exact) mass is 267 g/mol. The lowest BCUT2D eigenvalue weighted by Crippen LogP contribution is -2.15. The third kappa shape index (κ3) is 2.60. The minimum atomic E-state index is -0.218. The van der Waals surface area contributed by atoms with Crippen molar-refractivity contribution in [3.8, 4) is 0 Å². The van der Waals surface area contributed by atoms with Gasteiger partial charge < -0.3 is 5.73 Å². The molecule has 2 rings (SSSR count). The number of hydrogen-bond donors (Lipinski definition) is 2. The molecule has 1 heterocycles. The van der Waals surface area contributed by atoms with Gasteiger partial charge in [0.05, 0.1) is 6.04 Å². The molecule has 2 aromatic rings. The van der Waals surface area contributed by atoms with Crippen molar-refractivity contribution in [3.05, 3.63) is 40.1 Å². The Labute approximate surface area is 95.2 Å². The first-order valence-electron chi connectivity index (χ1n) is 4.49. The molecular weight excluding hydrogens is 258 g/mol. The molecule has 0 unspecified atom stereocenters. The van der Waals surface area contributed by atoms with Gasteiger partial charge in [0, 0.05) is 4.47 Å². The van der Waals surface area contributed by atoms with Crippen molar-refractivity contribution in [1.29, 1.82) is 0 Å². The van der Waals surface area contributed by atoms with Crippen molar-refractivity contribution in [2.24, 2.45) is 5.73 Å². The summed E-state index contributed by atoms with van der Waals surface area (Å²) < 4.78 is 1.05. The molecule has 1 aromatic heterocycles. The zero-order chi connectivity index (χ0) is 10.7. The predicted molar refractivity (Wildman–Crippen MR) is 59.0 cm³/mol. The number of tetrazole rings is 1. The largest absolute Gasteiger partial charge is 0.321 e. The Kier molecular flexibility index (Phi) is 3.08. The number of nitrogens with two attached hydrogens (primary N) is 1. The van der Waals surface area contributed by atoms with E-state index in [4.69, 9.17) is 5.73 Å². The van der Waals surface area contributed by atoms with E-state index in [1.165, 1.54) is 0 Å². The summed E-state index contributed by atoms with van der Waals surface area (Å²) in [6.07, 6.45) is 0.701. The molecule has 1 aromatic carbocycles. The van der Waals surface area contributed by atoms with Crippen LogP contribution in [0.15, 0.2) is 28.7 Å². The molecule has 15 heavy (non-hydrogen) atoms. The van der Waals surface area contributed by atoms with Gasteiger partial charge in [0.15, 0.2) is 5.82 Å². The number of aromatic amines is 1. The van der Waals surface area contributed by atoms with Gasteiger partial charge in [-0.05, 0) is 24.1 Å². The fourth-order valence-corrected chi connectivity index (χ4v) is 1.56. The Hall–Kier alpha value is -1.27. The maximum atomic E-state index is 5.91. The van der Waals surface area contributed by atoms with Crippen molar-refractivity contribution in [3.63, 3.8) is 0 Å². The van der Waals surface area contributed by atoms with Crippen LogP contribution in [0.1, 0.15) is 17.4 Å². The highest BCUT2D eigenvalue weighted by Crippen LogP contribution is 2.15. The number of halogens is 1. The minimum Gasteiger partial charge on any atom is -0.321 e. The van der Waals surface area contributed by atoms with Crippen LogP contribution in [0.3, 0.4) is 0 Å². The average Bonchev–Trinajstić information content (AvgIpc) is 2.74. The third-order valence-electron chi connectivity index (χ3n) is 2.06. The Morgan fingerprint density at radius 2 is 2.07 bits per heavy atom. The smallest absolute Gasteiger partial charge is 0.191 e. The number of H-pyrrole nitrogens is 1. The molecule has 1 atom stereocenters. The van der Waals surface area contributed by atoms with Crippen LogP contribution < -0.4 is 5.73 Å². The minimum absolute atomic E-state index is 0.218. The maximum Gasteiger partial charge on any atom is 0.191 e. The molecule has 0 aliphatic carbocycles.